The number of nitrogens with one attached hydrogen (secondary N) is 1. The number of aliphatic hydroxyl groups excluding tert-OH is 1. The van der Waals surface area contributed by atoms with Gasteiger partial charge >= 0.3 is 0 Å². The number of rotatable bonds is 6. The fraction of sp³-hybridized carbons (Fsp3) is 0.588. The lowest BCUT2D eigenvalue weighted by molar-refractivity contribution is -0.122. The Labute approximate surface area is 127 Å². The van der Waals surface area contributed by atoms with E-state index in [-0.39, 0.29) is 12.0 Å². The standard InChI is InChI=1S/C17H26N2O2/c1-2-10-18-16(20)13-19-11-8-15(9-12-19)17(21)14-6-4-3-5-7-14/h3-7,15,17,21H,2,8-13H2,1H3,(H,18,20). The second-order valence-electron chi connectivity index (χ2n) is 5.82. The highest BCUT2D eigenvalue weighted by Crippen LogP contribution is 2.30. The fourth-order valence-corrected chi connectivity index (χ4v) is 2.87. The van der Waals surface area contributed by atoms with Gasteiger partial charge in [-0.25, -0.2) is 0 Å². The maximum Gasteiger partial charge on any atom is 0.234 e. The van der Waals surface area contributed by atoms with Crippen molar-refractivity contribution in [2.45, 2.75) is 32.3 Å². The normalized spacial score (nSPS) is 18.4. The van der Waals surface area contributed by atoms with Crippen molar-refractivity contribution in [3.8, 4) is 0 Å². The van der Waals surface area contributed by atoms with Crippen molar-refractivity contribution < 1.29 is 9.90 Å². The number of carbonyl (C=O) groups excluding carboxylic acids is 1. The summed E-state index contributed by atoms with van der Waals surface area (Å²) in [5.41, 5.74) is 0.997. The second kappa shape index (κ2) is 8.15. The molecule has 1 saturated heterocycles. The number of benzene rings is 1. The molecule has 1 atom stereocenters. The van der Waals surface area contributed by atoms with E-state index in [1.165, 1.54) is 0 Å². The second-order valence-corrected chi connectivity index (χ2v) is 5.82. The highest BCUT2D eigenvalue weighted by atomic mass is 16.3. The van der Waals surface area contributed by atoms with Gasteiger partial charge < -0.3 is 10.4 Å². The molecular formula is C17H26N2O2. The van der Waals surface area contributed by atoms with Gasteiger partial charge in [-0.2, -0.15) is 0 Å². The number of hydrogen-bond donors (Lipinski definition) is 2. The molecule has 4 nitrogen and oxygen atoms in total. The fourth-order valence-electron chi connectivity index (χ4n) is 2.87. The van der Waals surface area contributed by atoms with Crippen LogP contribution in [0.2, 0.25) is 0 Å². The predicted octanol–water partition coefficient (Wildman–Crippen LogP) is 1.96. The van der Waals surface area contributed by atoms with Crippen molar-refractivity contribution in [1.82, 2.24) is 10.2 Å². The lowest BCUT2D eigenvalue weighted by atomic mass is 9.87. The summed E-state index contributed by atoms with van der Waals surface area (Å²) in [6.07, 6.45) is 2.47. The zero-order chi connectivity index (χ0) is 15.1. The van der Waals surface area contributed by atoms with Crippen molar-refractivity contribution in [1.29, 1.82) is 0 Å². The van der Waals surface area contributed by atoms with Gasteiger partial charge in [0.2, 0.25) is 5.91 Å². The van der Waals surface area contributed by atoms with E-state index in [9.17, 15) is 9.90 Å². The van der Waals surface area contributed by atoms with Gasteiger partial charge in [-0.05, 0) is 43.8 Å². The van der Waals surface area contributed by atoms with Crippen LogP contribution in [0.5, 0.6) is 0 Å². The van der Waals surface area contributed by atoms with Crippen molar-refractivity contribution in [3.05, 3.63) is 35.9 Å². The van der Waals surface area contributed by atoms with E-state index in [2.05, 4.69) is 17.1 Å². The minimum absolute atomic E-state index is 0.110. The first-order chi connectivity index (χ1) is 10.2. The van der Waals surface area contributed by atoms with Gasteiger partial charge in [0.15, 0.2) is 0 Å². The number of hydrogen-bond acceptors (Lipinski definition) is 3. The molecule has 1 fully saturated rings. The van der Waals surface area contributed by atoms with E-state index in [1.54, 1.807) is 0 Å². The molecule has 21 heavy (non-hydrogen) atoms. The molecule has 116 valence electrons. The molecule has 4 heteroatoms. The number of piperidine rings is 1. The van der Waals surface area contributed by atoms with Gasteiger partial charge in [-0.1, -0.05) is 37.3 Å². The van der Waals surface area contributed by atoms with Gasteiger partial charge in [0.25, 0.3) is 0 Å². The Bertz CT molecular complexity index is 428. The van der Waals surface area contributed by atoms with Crippen LogP contribution in [0.25, 0.3) is 0 Å². The first-order valence-corrected chi connectivity index (χ1v) is 7.92. The number of amides is 1. The Hall–Kier alpha value is -1.39. The summed E-state index contributed by atoms with van der Waals surface area (Å²) < 4.78 is 0. The molecular weight excluding hydrogens is 264 g/mol. The summed E-state index contributed by atoms with van der Waals surface area (Å²) in [7, 11) is 0. The highest BCUT2D eigenvalue weighted by Gasteiger charge is 2.26. The third-order valence-corrected chi connectivity index (χ3v) is 4.16. The van der Waals surface area contributed by atoms with Crippen LogP contribution in [-0.2, 0) is 4.79 Å². The van der Waals surface area contributed by atoms with Crippen LogP contribution in [0, 0.1) is 5.92 Å². The molecule has 2 rings (SSSR count). The molecule has 1 aromatic rings. The third-order valence-electron chi connectivity index (χ3n) is 4.16. The van der Waals surface area contributed by atoms with Gasteiger partial charge in [0, 0.05) is 6.54 Å². The van der Waals surface area contributed by atoms with Gasteiger partial charge in [0.05, 0.1) is 12.6 Å². The average Bonchev–Trinajstić information content (AvgIpc) is 2.54. The summed E-state index contributed by atoms with van der Waals surface area (Å²) in [5.74, 6) is 0.404. The number of carbonyl (C=O) groups is 1. The first-order valence-electron chi connectivity index (χ1n) is 7.92. The smallest absolute Gasteiger partial charge is 0.234 e. The molecule has 0 radical (unpaired) electrons. The molecule has 0 spiro atoms. The van der Waals surface area contributed by atoms with Crippen molar-refractivity contribution >= 4 is 5.91 Å². The van der Waals surface area contributed by atoms with Crippen molar-refractivity contribution in [2.24, 2.45) is 5.92 Å². The predicted molar refractivity (Wildman–Crippen MR) is 83.9 cm³/mol. The van der Waals surface area contributed by atoms with Crippen molar-refractivity contribution in [2.75, 3.05) is 26.2 Å². The molecule has 0 aliphatic carbocycles. The minimum Gasteiger partial charge on any atom is -0.388 e. The molecule has 0 bridgehead atoms. The number of aliphatic hydroxyl groups is 1. The van der Waals surface area contributed by atoms with Crippen LogP contribution in [0.1, 0.15) is 37.9 Å². The molecule has 2 N–H and O–H groups in total. The van der Waals surface area contributed by atoms with Gasteiger partial charge in [-0.15, -0.1) is 0 Å². The Morgan fingerprint density at radius 3 is 2.62 bits per heavy atom. The molecule has 1 amide bonds. The Kier molecular flexibility index (Phi) is 6.21. The van der Waals surface area contributed by atoms with Crippen LogP contribution in [0.4, 0.5) is 0 Å². The quantitative estimate of drug-likeness (QED) is 0.842. The van der Waals surface area contributed by atoms with E-state index in [0.29, 0.717) is 12.5 Å². The van der Waals surface area contributed by atoms with E-state index >= 15 is 0 Å². The van der Waals surface area contributed by atoms with Crippen LogP contribution >= 0.6 is 0 Å². The molecule has 1 aliphatic heterocycles. The van der Waals surface area contributed by atoms with Crippen LogP contribution < -0.4 is 5.32 Å². The summed E-state index contributed by atoms with van der Waals surface area (Å²) >= 11 is 0. The lowest BCUT2D eigenvalue weighted by Gasteiger charge is -2.34. The Morgan fingerprint density at radius 1 is 1.33 bits per heavy atom. The number of likely N-dealkylation sites (tertiary alicyclic amines) is 1. The molecule has 1 aliphatic rings. The SMILES string of the molecule is CCCNC(=O)CN1CCC(C(O)c2ccccc2)CC1. The van der Waals surface area contributed by atoms with E-state index in [4.69, 9.17) is 0 Å². The zero-order valence-corrected chi connectivity index (χ0v) is 12.8. The largest absolute Gasteiger partial charge is 0.388 e. The third kappa shape index (κ3) is 4.83. The summed E-state index contributed by atoms with van der Waals surface area (Å²) in [6, 6.07) is 9.86. The van der Waals surface area contributed by atoms with Crippen LogP contribution in [0.3, 0.4) is 0 Å². The molecule has 0 saturated carbocycles. The maximum atomic E-state index is 11.7. The van der Waals surface area contributed by atoms with E-state index in [1.807, 2.05) is 30.3 Å². The summed E-state index contributed by atoms with van der Waals surface area (Å²) in [5, 5.41) is 13.3. The Morgan fingerprint density at radius 2 is 2.00 bits per heavy atom. The topological polar surface area (TPSA) is 52.6 Å². The van der Waals surface area contributed by atoms with E-state index < -0.39 is 0 Å². The monoisotopic (exact) mass is 290 g/mol. The minimum atomic E-state index is -0.387. The van der Waals surface area contributed by atoms with Crippen LogP contribution in [0.15, 0.2) is 30.3 Å². The number of nitrogens with zero attached hydrogens (tertiary/aromatic N) is 1. The maximum absolute atomic E-state index is 11.7. The summed E-state index contributed by atoms with van der Waals surface area (Å²) in [4.78, 5) is 13.9. The average molecular weight is 290 g/mol. The zero-order valence-electron chi connectivity index (χ0n) is 12.8. The lowest BCUT2D eigenvalue weighted by Crippen LogP contribution is -2.42. The van der Waals surface area contributed by atoms with Crippen molar-refractivity contribution in [3.63, 3.8) is 0 Å². The molecule has 0 aromatic heterocycles. The van der Waals surface area contributed by atoms with Gasteiger partial charge in [0.1, 0.15) is 0 Å². The Balaban J connectivity index is 1.76. The molecule has 1 unspecified atom stereocenters. The highest BCUT2D eigenvalue weighted by molar-refractivity contribution is 5.77. The van der Waals surface area contributed by atoms with E-state index in [0.717, 1.165) is 44.5 Å². The molecule has 1 aromatic carbocycles. The van der Waals surface area contributed by atoms with Crippen LogP contribution in [-0.4, -0.2) is 42.1 Å². The van der Waals surface area contributed by atoms with Gasteiger partial charge in [-0.3, -0.25) is 9.69 Å². The molecule has 1 heterocycles. The first kappa shape index (κ1) is 16.0. The summed E-state index contributed by atoms with van der Waals surface area (Å²) in [6.45, 7) is 5.05.